The molecule has 0 unspecified atom stereocenters. The van der Waals surface area contributed by atoms with Crippen molar-refractivity contribution in [1.82, 2.24) is 20.1 Å². The Kier molecular flexibility index (Phi) is 3.64. The van der Waals surface area contributed by atoms with Gasteiger partial charge in [0.05, 0.1) is 6.54 Å². The van der Waals surface area contributed by atoms with E-state index in [2.05, 4.69) is 25.4 Å². The molecule has 0 saturated carbocycles. The second kappa shape index (κ2) is 5.24. The van der Waals surface area contributed by atoms with Gasteiger partial charge in [-0.2, -0.15) is 4.98 Å². The van der Waals surface area contributed by atoms with Crippen LogP contribution in [0.1, 0.15) is 43.0 Å². The number of hydrogen-bond donors (Lipinski definition) is 2. The van der Waals surface area contributed by atoms with Crippen LogP contribution in [0.5, 0.6) is 0 Å². The zero-order chi connectivity index (χ0) is 14.8. The predicted molar refractivity (Wildman–Crippen MR) is 69.3 cm³/mol. The second-order valence-electron chi connectivity index (χ2n) is 5.19. The van der Waals surface area contributed by atoms with Gasteiger partial charge in [-0.05, 0) is 6.07 Å². The molecule has 2 aromatic heterocycles. The predicted octanol–water partition coefficient (Wildman–Crippen LogP) is 1.47. The topological polar surface area (TPSA) is 114 Å². The molecule has 2 aromatic rings. The number of nitrogens with zero attached hydrogens (tertiary/aromatic N) is 4. The molecule has 0 bridgehead atoms. The SMILES string of the molecule is CC(C)(C)c1noc(CNc2nccc(C(=O)O)n2)n1. The van der Waals surface area contributed by atoms with Crippen LogP contribution in [0, 0.1) is 0 Å². The van der Waals surface area contributed by atoms with Crippen molar-refractivity contribution in [2.45, 2.75) is 32.7 Å². The van der Waals surface area contributed by atoms with Crippen molar-refractivity contribution in [3.63, 3.8) is 0 Å². The fraction of sp³-hybridized carbons (Fsp3) is 0.417. The number of hydrogen-bond acceptors (Lipinski definition) is 7. The van der Waals surface area contributed by atoms with Gasteiger partial charge in [0.25, 0.3) is 0 Å². The smallest absolute Gasteiger partial charge is 0.354 e. The van der Waals surface area contributed by atoms with Crippen molar-refractivity contribution in [3.05, 3.63) is 29.7 Å². The molecule has 0 radical (unpaired) electrons. The average molecular weight is 277 g/mol. The molecule has 20 heavy (non-hydrogen) atoms. The summed E-state index contributed by atoms with van der Waals surface area (Å²) in [5.74, 6) is 0.0809. The molecule has 0 aromatic carbocycles. The lowest BCUT2D eigenvalue weighted by Crippen LogP contribution is -2.13. The largest absolute Gasteiger partial charge is 0.477 e. The van der Waals surface area contributed by atoms with Gasteiger partial charge in [0.2, 0.25) is 11.8 Å². The van der Waals surface area contributed by atoms with E-state index in [9.17, 15) is 4.79 Å². The number of carboxylic acids is 1. The summed E-state index contributed by atoms with van der Waals surface area (Å²) in [5.41, 5.74) is -0.273. The van der Waals surface area contributed by atoms with Crippen molar-refractivity contribution in [2.75, 3.05) is 5.32 Å². The fourth-order valence-corrected chi connectivity index (χ4v) is 1.35. The molecule has 0 atom stereocenters. The quantitative estimate of drug-likeness (QED) is 0.863. The zero-order valence-corrected chi connectivity index (χ0v) is 11.4. The summed E-state index contributed by atoms with van der Waals surface area (Å²) in [5, 5.41) is 15.6. The van der Waals surface area contributed by atoms with Crippen molar-refractivity contribution >= 4 is 11.9 Å². The van der Waals surface area contributed by atoms with E-state index in [0.29, 0.717) is 11.7 Å². The number of nitrogens with one attached hydrogen (secondary N) is 1. The lowest BCUT2D eigenvalue weighted by molar-refractivity contribution is 0.0690. The summed E-state index contributed by atoms with van der Waals surface area (Å²) < 4.78 is 5.10. The van der Waals surface area contributed by atoms with Crippen molar-refractivity contribution in [2.24, 2.45) is 0 Å². The standard InChI is InChI=1S/C12H15N5O3/c1-12(2,3)10-16-8(20-17-10)6-14-11-13-5-4-7(15-11)9(18)19/h4-5H,6H2,1-3H3,(H,18,19)(H,13,14,15). The molecule has 0 fully saturated rings. The van der Waals surface area contributed by atoms with Gasteiger partial charge < -0.3 is 14.9 Å². The van der Waals surface area contributed by atoms with E-state index in [4.69, 9.17) is 9.63 Å². The van der Waals surface area contributed by atoms with Gasteiger partial charge in [-0.3, -0.25) is 0 Å². The van der Waals surface area contributed by atoms with Crippen molar-refractivity contribution in [3.8, 4) is 0 Å². The Labute approximate surface area is 115 Å². The highest BCUT2D eigenvalue weighted by Crippen LogP contribution is 2.18. The van der Waals surface area contributed by atoms with Crippen molar-refractivity contribution < 1.29 is 14.4 Å². The maximum atomic E-state index is 10.8. The minimum absolute atomic E-state index is 0.0802. The highest BCUT2D eigenvalue weighted by Gasteiger charge is 2.20. The molecule has 0 amide bonds. The van der Waals surface area contributed by atoms with Crippen LogP contribution in [-0.2, 0) is 12.0 Å². The van der Waals surface area contributed by atoms with E-state index >= 15 is 0 Å². The number of anilines is 1. The molecule has 106 valence electrons. The van der Waals surface area contributed by atoms with Crippen LogP contribution in [0.15, 0.2) is 16.8 Å². The van der Waals surface area contributed by atoms with Crippen LogP contribution >= 0.6 is 0 Å². The molecule has 2 heterocycles. The number of carboxylic acid groups (broad SMARTS) is 1. The Bertz CT molecular complexity index is 618. The third-order valence-corrected chi connectivity index (χ3v) is 2.41. The van der Waals surface area contributed by atoms with Crippen LogP contribution in [-0.4, -0.2) is 31.2 Å². The third-order valence-electron chi connectivity index (χ3n) is 2.41. The zero-order valence-electron chi connectivity index (χ0n) is 11.4. The normalized spacial score (nSPS) is 11.3. The van der Waals surface area contributed by atoms with Crippen LogP contribution in [0.3, 0.4) is 0 Å². The minimum Gasteiger partial charge on any atom is -0.477 e. The first kappa shape index (κ1) is 13.9. The van der Waals surface area contributed by atoms with Crippen LogP contribution in [0.2, 0.25) is 0 Å². The first-order valence-electron chi connectivity index (χ1n) is 5.99. The van der Waals surface area contributed by atoms with E-state index in [0.717, 1.165) is 0 Å². The second-order valence-corrected chi connectivity index (χ2v) is 5.19. The first-order valence-corrected chi connectivity index (χ1v) is 5.99. The molecule has 0 spiro atoms. The Hall–Kier alpha value is -2.51. The van der Waals surface area contributed by atoms with Gasteiger partial charge in [0, 0.05) is 11.6 Å². The van der Waals surface area contributed by atoms with Gasteiger partial charge in [0.15, 0.2) is 11.5 Å². The van der Waals surface area contributed by atoms with E-state index in [1.165, 1.54) is 12.3 Å². The van der Waals surface area contributed by atoms with Crippen LogP contribution in [0.4, 0.5) is 5.95 Å². The minimum atomic E-state index is -1.11. The van der Waals surface area contributed by atoms with Gasteiger partial charge in [-0.25, -0.2) is 14.8 Å². The van der Waals surface area contributed by atoms with Crippen LogP contribution < -0.4 is 5.32 Å². The average Bonchev–Trinajstić information content (AvgIpc) is 2.85. The summed E-state index contributed by atoms with van der Waals surface area (Å²) in [6, 6.07) is 1.32. The fourth-order valence-electron chi connectivity index (χ4n) is 1.35. The third kappa shape index (κ3) is 3.28. The number of carbonyl (C=O) groups is 1. The molecule has 2 rings (SSSR count). The summed E-state index contributed by atoms with van der Waals surface area (Å²) in [6.07, 6.45) is 1.37. The monoisotopic (exact) mass is 277 g/mol. The highest BCUT2D eigenvalue weighted by atomic mass is 16.5. The summed E-state index contributed by atoms with van der Waals surface area (Å²) in [7, 11) is 0. The van der Waals surface area contributed by atoms with E-state index in [1.54, 1.807) is 0 Å². The van der Waals surface area contributed by atoms with Gasteiger partial charge in [-0.1, -0.05) is 25.9 Å². The molecule has 0 aliphatic heterocycles. The molecular weight excluding hydrogens is 262 g/mol. The van der Waals surface area contributed by atoms with Gasteiger partial charge >= 0.3 is 5.97 Å². The molecule has 2 N–H and O–H groups in total. The summed E-state index contributed by atoms with van der Waals surface area (Å²) >= 11 is 0. The molecule has 0 aliphatic carbocycles. The summed E-state index contributed by atoms with van der Waals surface area (Å²) in [4.78, 5) is 22.8. The Morgan fingerprint density at radius 3 is 2.75 bits per heavy atom. The Morgan fingerprint density at radius 1 is 1.40 bits per heavy atom. The van der Waals surface area contributed by atoms with Crippen molar-refractivity contribution in [1.29, 1.82) is 0 Å². The number of aromatic nitrogens is 4. The number of rotatable bonds is 4. The lowest BCUT2D eigenvalue weighted by atomic mass is 9.96. The van der Waals surface area contributed by atoms with Gasteiger partial charge in [0.1, 0.15) is 0 Å². The summed E-state index contributed by atoms with van der Waals surface area (Å²) in [6.45, 7) is 6.17. The van der Waals surface area contributed by atoms with E-state index in [1.807, 2.05) is 20.8 Å². The lowest BCUT2D eigenvalue weighted by Gasteiger charge is -2.10. The Balaban J connectivity index is 2.04. The number of aromatic carboxylic acids is 1. The molecule has 8 nitrogen and oxygen atoms in total. The molecule has 8 heteroatoms. The molecule has 0 aliphatic rings. The Morgan fingerprint density at radius 2 is 2.15 bits per heavy atom. The molecular formula is C12H15N5O3. The van der Waals surface area contributed by atoms with Crippen LogP contribution in [0.25, 0.3) is 0 Å². The molecule has 0 saturated heterocycles. The maximum absolute atomic E-state index is 10.8. The highest BCUT2D eigenvalue weighted by molar-refractivity contribution is 5.85. The first-order chi connectivity index (χ1) is 9.36. The van der Waals surface area contributed by atoms with Gasteiger partial charge in [-0.15, -0.1) is 0 Å². The maximum Gasteiger partial charge on any atom is 0.354 e. The van der Waals surface area contributed by atoms with E-state index < -0.39 is 5.97 Å². The van der Waals surface area contributed by atoms with E-state index in [-0.39, 0.29) is 23.6 Å².